The van der Waals surface area contributed by atoms with Crippen LogP contribution in [-0.4, -0.2) is 46.2 Å². The first-order valence-electron chi connectivity index (χ1n) is 8.21. The highest BCUT2D eigenvalue weighted by Crippen LogP contribution is 2.21. The van der Waals surface area contributed by atoms with E-state index in [-0.39, 0.29) is 30.6 Å². The molecule has 0 amide bonds. The Morgan fingerprint density at radius 3 is 2.40 bits per heavy atom. The quantitative estimate of drug-likeness (QED) is 0.846. The Hall–Kier alpha value is -1.56. The molecule has 1 N–H and O–H groups in total. The molecule has 1 saturated heterocycles. The Kier molecular flexibility index (Phi) is 8.97. The molecule has 5 nitrogen and oxygen atoms in total. The molecule has 2 heterocycles. The molecule has 0 aliphatic carbocycles. The zero-order valence-electron chi connectivity index (χ0n) is 14.4. The fraction of sp³-hybridized carbons (Fsp3) is 0.444. The van der Waals surface area contributed by atoms with Gasteiger partial charge >= 0.3 is 0 Å². The molecule has 1 fully saturated rings. The smallest absolute Gasteiger partial charge is 0.217 e. The van der Waals surface area contributed by atoms with Crippen LogP contribution in [0, 0.1) is 6.92 Å². The first kappa shape index (κ1) is 21.5. The normalized spacial score (nSPS) is 14.3. The van der Waals surface area contributed by atoms with Gasteiger partial charge < -0.3 is 9.84 Å². The van der Waals surface area contributed by atoms with Crippen molar-refractivity contribution >= 4 is 24.8 Å². The maximum Gasteiger partial charge on any atom is 0.217 e. The number of phenols is 1. The maximum atomic E-state index is 9.38. The van der Waals surface area contributed by atoms with Crippen molar-refractivity contribution in [1.82, 2.24) is 14.9 Å². The number of nitrogens with zero attached hydrogens (tertiary/aromatic N) is 3. The minimum absolute atomic E-state index is 0. The molecule has 1 aliphatic heterocycles. The number of hydrogen-bond donors (Lipinski definition) is 1. The molecule has 0 bridgehead atoms. The van der Waals surface area contributed by atoms with E-state index >= 15 is 0 Å². The second-order valence-corrected chi connectivity index (χ2v) is 5.97. The number of aromatic hydroxyl groups is 1. The second-order valence-electron chi connectivity index (χ2n) is 5.97. The van der Waals surface area contributed by atoms with Crippen LogP contribution in [0.5, 0.6) is 11.6 Å². The van der Waals surface area contributed by atoms with Gasteiger partial charge in [0, 0.05) is 23.9 Å². The molecule has 0 spiro atoms. The Morgan fingerprint density at radius 2 is 1.72 bits per heavy atom. The van der Waals surface area contributed by atoms with Gasteiger partial charge in [-0.1, -0.05) is 6.42 Å². The van der Waals surface area contributed by atoms with Crippen molar-refractivity contribution in [3.63, 3.8) is 0 Å². The first-order chi connectivity index (χ1) is 11.2. The summed E-state index contributed by atoms with van der Waals surface area (Å²) in [6, 6.07) is 8.75. The summed E-state index contributed by atoms with van der Waals surface area (Å²) in [5.74, 6) is 1.47. The first-order valence-corrected chi connectivity index (χ1v) is 8.21. The van der Waals surface area contributed by atoms with Gasteiger partial charge in [-0.2, -0.15) is 4.98 Å². The molecule has 3 rings (SSSR count). The number of phenolic OH excluding ortho intramolecular Hbond substituents is 1. The van der Waals surface area contributed by atoms with E-state index in [1.807, 2.05) is 25.1 Å². The summed E-state index contributed by atoms with van der Waals surface area (Å²) < 4.78 is 5.83. The van der Waals surface area contributed by atoms with Crippen molar-refractivity contribution in [3.05, 3.63) is 36.0 Å². The third-order valence-electron chi connectivity index (χ3n) is 4.06. The van der Waals surface area contributed by atoms with E-state index in [1.54, 1.807) is 12.1 Å². The summed E-state index contributed by atoms with van der Waals surface area (Å²) in [4.78, 5) is 11.4. The number of benzene rings is 1. The maximum absolute atomic E-state index is 9.38. The standard InChI is InChI=1S/C18H23N3O2.2ClH/c1-14-13-17(23-12-11-21-9-3-2-4-10-21)20-18(19-14)15-5-7-16(22)8-6-15;;/h5-8,13,22H,2-4,9-12H2,1H3;2*1H. The summed E-state index contributed by atoms with van der Waals surface area (Å²) in [6.07, 6.45) is 3.92. The van der Waals surface area contributed by atoms with Crippen molar-refractivity contribution in [2.75, 3.05) is 26.2 Å². The average molecular weight is 386 g/mol. The lowest BCUT2D eigenvalue weighted by atomic mass is 10.1. The van der Waals surface area contributed by atoms with Crippen molar-refractivity contribution in [2.45, 2.75) is 26.2 Å². The number of aromatic nitrogens is 2. The highest BCUT2D eigenvalue weighted by Gasteiger charge is 2.10. The molecule has 0 unspecified atom stereocenters. The van der Waals surface area contributed by atoms with E-state index in [2.05, 4.69) is 14.9 Å². The predicted molar refractivity (Wildman–Crippen MR) is 104 cm³/mol. The largest absolute Gasteiger partial charge is 0.508 e. The van der Waals surface area contributed by atoms with Crippen LogP contribution in [0.1, 0.15) is 25.0 Å². The van der Waals surface area contributed by atoms with Gasteiger partial charge in [0.05, 0.1) is 0 Å². The van der Waals surface area contributed by atoms with Crippen LogP contribution in [0.25, 0.3) is 11.4 Å². The lowest BCUT2D eigenvalue weighted by Crippen LogP contribution is -2.33. The number of ether oxygens (including phenoxy) is 1. The van der Waals surface area contributed by atoms with Crippen LogP contribution in [0.2, 0.25) is 0 Å². The molecule has 2 aromatic rings. The predicted octanol–water partition coefficient (Wildman–Crippen LogP) is 3.87. The highest BCUT2D eigenvalue weighted by molar-refractivity contribution is 5.85. The molecule has 0 radical (unpaired) electrons. The minimum atomic E-state index is 0. The van der Waals surface area contributed by atoms with Gasteiger partial charge in [0.2, 0.25) is 5.88 Å². The highest BCUT2D eigenvalue weighted by atomic mass is 35.5. The van der Waals surface area contributed by atoms with E-state index in [4.69, 9.17) is 4.74 Å². The number of likely N-dealkylation sites (tertiary alicyclic amines) is 1. The summed E-state index contributed by atoms with van der Waals surface area (Å²) in [7, 11) is 0. The van der Waals surface area contributed by atoms with Crippen molar-refractivity contribution in [2.24, 2.45) is 0 Å². The van der Waals surface area contributed by atoms with E-state index in [1.165, 1.54) is 32.4 Å². The van der Waals surface area contributed by atoms with Gasteiger partial charge in [-0.15, -0.1) is 24.8 Å². The van der Waals surface area contributed by atoms with Gasteiger partial charge in [0.25, 0.3) is 0 Å². The van der Waals surface area contributed by atoms with Crippen LogP contribution >= 0.6 is 24.8 Å². The lowest BCUT2D eigenvalue weighted by molar-refractivity contribution is 0.180. The Bertz CT molecular complexity index is 647. The van der Waals surface area contributed by atoms with E-state index in [0.717, 1.165) is 17.8 Å². The average Bonchev–Trinajstić information content (AvgIpc) is 2.56. The van der Waals surface area contributed by atoms with Gasteiger partial charge in [-0.05, 0) is 57.1 Å². The molecule has 7 heteroatoms. The Labute approximate surface area is 161 Å². The molecular formula is C18H25Cl2N3O2. The Morgan fingerprint density at radius 1 is 1.04 bits per heavy atom. The van der Waals surface area contributed by atoms with Crippen LogP contribution in [0.3, 0.4) is 0 Å². The molecule has 1 aliphatic rings. The molecule has 0 saturated carbocycles. The molecule has 1 aromatic carbocycles. The summed E-state index contributed by atoms with van der Waals surface area (Å²) in [6.45, 7) is 5.86. The molecule has 0 atom stereocenters. The monoisotopic (exact) mass is 385 g/mol. The zero-order valence-corrected chi connectivity index (χ0v) is 16.0. The van der Waals surface area contributed by atoms with Crippen molar-refractivity contribution in [1.29, 1.82) is 0 Å². The third-order valence-corrected chi connectivity index (χ3v) is 4.06. The second kappa shape index (κ2) is 10.4. The van der Waals surface area contributed by atoms with Crippen LogP contribution in [-0.2, 0) is 0 Å². The van der Waals surface area contributed by atoms with Crippen molar-refractivity contribution in [3.8, 4) is 23.0 Å². The number of halogens is 2. The van der Waals surface area contributed by atoms with E-state index in [9.17, 15) is 5.11 Å². The van der Waals surface area contributed by atoms with Gasteiger partial charge in [-0.25, -0.2) is 4.98 Å². The lowest BCUT2D eigenvalue weighted by Gasteiger charge is -2.26. The van der Waals surface area contributed by atoms with Crippen LogP contribution in [0.15, 0.2) is 30.3 Å². The van der Waals surface area contributed by atoms with Gasteiger partial charge in [-0.3, -0.25) is 4.90 Å². The summed E-state index contributed by atoms with van der Waals surface area (Å²) in [5, 5.41) is 9.38. The van der Waals surface area contributed by atoms with Crippen LogP contribution in [0.4, 0.5) is 0 Å². The summed E-state index contributed by atoms with van der Waals surface area (Å²) >= 11 is 0. The van der Waals surface area contributed by atoms with E-state index in [0.29, 0.717) is 18.3 Å². The molecule has 1 aromatic heterocycles. The zero-order chi connectivity index (χ0) is 16.1. The molecule has 25 heavy (non-hydrogen) atoms. The van der Waals surface area contributed by atoms with Crippen molar-refractivity contribution < 1.29 is 9.84 Å². The van der Waals surface area contributed by atoms with Crippen LogP contribution < -0.4 is 4.74 Å². The summed E-state index contributed by atoms with van der Waals surface area (Å²) in [5.41, 5.74) is 1.74. The fourth-order valence-electron chi connectivity index (χ4n) is 2.82. The van der Waals surface area contributed by atoms with Gasteiger partial charge in [0.15, 0.2) is 5.82 Å². The number of rotatable bonds is 5. The molecule has 138 valence electrons. The Balaban J connectivity index is 0.00000156. The minimum Gasteiger partial charge on any atom is -0.508 e. The fourth-order valence-corrected chi connectivity index (χ4v) is 2.82. The van der Waals surface area contributed by atoms with Gasteiger partial charge in [0.1, 0.15) is 12.4 Å². The third kappa shape index (κ3) is 6.34. The number of aryl methyl sites for hydroxylation is 1. The van der Waals surface area contributed by atoms with E-state index < -0.39 is 0 Å². The SMILES string of the molecule is Cc1cc(OCCN2CCCCC2)nc(-c2ccc(O)cc2)n1.Cl.Cl. The number of piperidine rings is 1. The topological polar surface area (TPSA) is 58.5 Å². The number of hydrogen-bond acceptors (Lipinski definition) is 5. The molecular weight excluding hydrogens is 361 g/mol.